The van der Waals surface area contributed by atoms with Crippen LogP contribution in [-0.2, 0) is 16.4 Å². The average Bonchev–Trinajstić information content (AvgIpc) is 2.67. The van der Waals surface area contributed by atoms with Crippen LogP contribution in [0.25, 0.3) is 0 Å². The summed E-state index contributed by atoms with van der Waals surface area (Å²) in [5.74, 6) is -0.294. The maximum absolute atomic E-state index is 12.7. The van der Waals surface area contributed by atoms with Crippen LogP contribution >= 0.6 is 0 Å². The molecule has 0 bridgehead atoms. The lowest BCUT2D eigenvalue weighted by Gasteiger charge is -2.10. The quantitative estimate of drug-likeness (QED) is 0.612. The van der Waals surface area contributed by atoms with Gasteiger partial charge in [-0.2, -0.15) is 0 Å². The van der Waals surface area contributed by atoms with E-state index in [-0.39, 0.29) is 15.5 Å². The van der Waals surface area contributed by atoms with Crippen molar-refractivity contribution in [3.63, 3.8) is 0 Å². The fourth-order valence-electron chi connectivity index (χ4n) is 2.56. The Bertz CT molecular complexity index is 1080. The van der Waals surface area contributed by atoms with E-state index in [4.69, 9.17) is 0 Å². The summed E-state index contributed by atoms with van der Waals surface area (Å²) in [4.78, 5) is 15.8. The Labute approximate surface area is 163 Å². The summed E-state index contributed by atoms with van der Waals surface area (Å²) in [6, 6.07) is 13.3. The number of carbonyl (C=O) groups excluding carboxylic acids is 1. The van der Waals surface area contributed by atoms with E-state index in [1.54, 1.807) is 31.5 Å². The first-order valence-corrected chi connectivity index (χ1v) is 9.93. The summed E-state index contributed by atoms with van der Waals surface area (Å²) in [6.45, 7) is 2.08. The summed E-state index contributed by atoms with van der Waals surface area (Å²) in [7, 11) is -3.86. The molecular formula is C20H19N3O4S. The van der Waals surface area contributed by atoms with Gasteiger partial charge in [-0.25, -0.2) is 13.2 Å². The van der Waals surface area contributed by atoms with E-state index in [9.17, 15) is 18.3 Å². The summed E-state index contributed by atoms with van der Waals surface area (Å²) >= 11 is 0. The molecule has 0 saturated heterocycles. The van der Waals surface area contributed by atoms with E-state index in [1.165, 1.54) is 36.4 Å². The monoisotopic (exact) mass is 397 g/mol. The van der Waals surface area contributed by atoms with Crippen LogP contribution in [0.5, 0.6) is 5.75 Å². The molecule has 28 heavy (non-hydrogen) atoms. The van der Waals surface area contributed by atoms with Crippen molar-refractivity contribution in [1.82, 2.24) is 10.3 Å². The molecule has 0 atom stereocenters. The van der Waals surface area contributed by atoms with Gasteiger partial charge in [-0.15, -0.1) is 0 Å². The van der Waals surface area contributed by atoms with Crippen molar-refractivity contribution in [2.45, 2.75) is 23.3 Å². The van der Waals surface area contributed by atoms with Crippen molar-refractivity contribution in [2.24, 2.45) is 0 Å². The van der Waals surface area contributed by atoms with Crippen LogP contribution in [0.2, 0.25) is 0 Å². The molecule has 2 amide bonds. The number of aryl methyl sites for hydroxylation is 1. The summed E-state index contributed by atoms with van der Waals surface area (Å²) in [5.41, 5.74) is 2.06. The second-order valence-electron chi connectivity index (χ2n) is 6.17. The molecule has 0 saturated carbocycles. The third-order valence-electron chi connectivity index (χ3n) is 4.00. The molecule has 0 aliphatic rings. The number of phenolic OH excluding ortho intramolecular Hbond substituents is 1. The molecule has 3 aromatic rings. The number of aromatic nitrogens is 1. The summed E-state index contributed by atoms with van der Waals surface area (Å²) in [5, 5.41) is 15.3. The van der Waals surface area contributed by atoms with E-state index in [1.807, 2.05) is 6.07 Å². The third-order valence-corrected chi connectivity index (χ3v) is 5.82. The SMILES string of the molecule is Cc1ccc(S(=O)(=O)c2ccc(NC(=O)NCc3cccnc3)cc2)c(O)c1. The first-order chi connectivity index (χ1) is 13.4. The maximum atomic E-state index is 12.7. The van der Waals surface area contributed by atoms with Gasteiger partial charge in [-0.05, 0) is 60.5 Å². The molecule has 3 rings (SSSR count). The van der Waals surface area contributed by atoms with E-state index in [2.05, 4.69) is 15.6 Å². The van der Waals surface area contributed by atoms with Gasteiger partial charge in [0, 0.05) is 24.6 Å². The fraction of sp³-hybridized carbons (Fsp3) is 0.100. The number of phenols is 1. The van der Waals surface area contributed by atoms with Crippen LogP contribution in [0.3, 0.4) is 0 Å². The molecule has 3 N–H and O–H groups in total. The Morgan fingerprint density at radius 3 is 2.50 bits per heavy atom. The van der Waals surface area contributed by atoms with Gasteiger partial charge in [0.25, 0.3) is 0 Å². The molecule has 8 heteroatoms. The first kappa shape index (κ1) is 19.4. The van der Waals surface area contributed by atoms with Crippen molar-refractivity contribution in [2.75, 3.05) is 5.32 Å². The van der Waals surface area contributed by atoms with E-state index in [0.29, 0.717) is 12.2 Å². The second kappa shape index (κ2) is 8.10. The highest BCUT2D eigenvalue weighted by molar-refractivity contribution is 7.91. The molecule has 0 fully saturated rings. The molecule has 0 aliphatic carbocycles. The number of carbonyl (C=O) groups is 1. The smallest absolute Gasteiger partial charge is 0.319 e. The second-order valence-corrected chi connectivity index (χ2v) is 8.09. The minimum absolute atomic E-state index is 0.0213. The standard InChI is InChI=1S/C20H19N3O4S/c1-14-4-9-19(18(24)11-14)28(26,27)17-7-5-16(6-8-17)23-20(25)22-13-15-3-2-10-21-12-15/h2-12,24H,13H2,1H3,(H2,22,23,25). The average molecular weight is 397 g/mol. The lowest BCUT2D eigenvalue weighted by Crippen LogP contribution is -2.28. The van der Waals surface area contributed by atoms with Crippen molar-refractivity contribution in [3.05, 3.63) is 78.1 Å². The van der Waals surface area contributed by atoms with Gasteiger partial charge in [0.05, 0.1) is 4.90 Å². The van der Waals surface area contributed by atoms with Crippen LogP contribution in [0.1, 0.15) is 11.1 Å². The molecule has 1 aromatic heterocycles. The Kier molecular flexibility index (Phi) is 5.60. The van der Waals surface area contributed by atoms with E-state index in [0.717, 1.165) is 11.1 Å². The Balaban J connectivity index is 1.68. The lowest BCUT2D eigenvalue weighted by atomic mass is 10.2. The predicted molar refractivity (Wildman–Crippen MR) is 105 cm³/mol. The topological polar surface area (TPSA) is 108 Å². The number of sulfone groups is 1. The number of amides is 2. The van der Waals surface area contributed by atoms with Gasteiger partial charge in [0.1, 0.15) is 10.6 Å². The number of aromatic hydroxyl groups is 1. The minimum Gasteiger partial charge on any atom is -0.507 e. The lowest BCUT2D eigenvalue weighted by molar-refractivity contribution is 0.251. The Morgan fingerprint density at radius 2 is 1.86 bits per heavy atom. The van der Waals surface area contributed by atoms with Crippen molar-refractivity contribution >= 4 is 21.6 Å². The van der Waals surface area contributed by atoms with Gasteiger partial charge in [0.15, 0.2) is 0 Å². The molecule has 0 spiro atoms. The number of urea groups is 1. The van der Waals surface area contributed by atoms with E-state index < -0.39 is 15.9 Å². The van der Waals surface area contributed by atoms with Gasteiger partial charge >= 0.3 is 6.03 Å². The number of nitrogens with zero attached hydrogens (tertiary/aromatic N) is 1. The first-order valence-electron chi connectivity index (χ1n) is 8.45. The fourth-order valence-corrected chi connectivity index (χ4v) is 3.89. The number of hydrogen-bond donors (Lipinski definition) is 3. The summed E-state index contributed by atoms with van der Waals surface area (Å²) in [6.07, 6.45) is 3.30. The maximum Gasteiger partial charge on any atom is 0.319 e. The van der Waals surface area contributed by atoms with Crippen LogP contribution in [0.15, 0.2) is 76.8 Å². The van der Waals surface area contributed by atoms with Crippen LogP contribution in [-0.4, -0.2) is 24.5 Å². The summed E-state index contributed by atoms with van der Waals surface area (Å²) < 4.78 is 25.4. The van der Waals surface area contributed by atoms with Gasteiger partial charge in [-0.3, -0.25) is 4.98 Å². The Hall–Kier alpha value is -3.39. The largest absolute Gasteiger partial charge is 0.507 e. The zero-order chi connectivity index (χ0) is 20.1. The zero-order valence-corrected chi connectivity index (χ0v) is 15.9. The normalized spacial score (nSPS) is 11.0. The molecule has 7 nitrogen and oxygen atoms in total. The van der Waals surface area contributed by atoms with Crippen LogP contribution in [0, 0.1) is 6.92 Å². The highest BCUT2D eigenvalue weighted by Crippen LogP contribution is 2.29. The predicted octanol–water partition coefficient (Wildman–Crippen LogP) is 3.25. The van der Waals surface area contributed by atoms with Gasteiger partial charge < -0.3 is 15.7 Å². The Morgan fingerprint density at radius 1 is 1.11 bits per heavy atom. The van der Waals surface area contributed by atoms with E-state index >= 15 is 0 Å². The number of nitrogens with one attached hydrogen (secondary N) is 2. The molecule has 2 aromatic carbocycles. The van der Waals surface area contributed by atoms with Crippen molar-refractivity contribution < 1.29 is 18.3 Å². The number of benzene rings is 2. The molecular weight excluding hydrogens is 378 g/mol. The number of rotatable bonds is 5. The van der Waals surface area contributed by atoms with Crippen LogP contribution < -0.4 is 10.6 Å². The molecule has 0 unspecified atom stereocenters. The number of hydrogen-bond acceptors (Lipinski definition) is 5. The van der Waals surface area contributed by atoms with Gasteiger partial charge in [0.2, 0.25) is 9.84 Å². The molecule has 144 valence electrons. The van der Waals surface area contributed by atoms with Crippen LogP contribution in [0.4, 0.5) is 10.5 Å². The van der Waals surface area contributed by atoms with Crippen molar-refractivity contribution in [1.29, 1.82) is 0 Å². The van der Waals surface area contributed by atoms with Crippen molar-refractivity contribution in [3.8, 4) is 5.75 Å². The highest BCUT2D eigenvalue weighted by atomic mass is 32.2. The molecule has 0 aliphatic heterocycles. The molecule has 0 radical (unpaired) electrons. The highest BCUT2D eigenvalue weighted by Gasteiger charge is 2.21. The number of anilines is 1. The zero-order valence-electron chi connectivity index (χ0n) is 15.1. The third kappa shape index (κ3) is 4.47. The number of pyridine rings is 1. The van der Waals surface area contributed by atoms with Gasteiger partial charge in [-0.1, -0.05) is 12.1 Å². The molecule has 1 heterocycles. The minimum atomic E-state index is -3.86.